The van der Waals surface area contributed by atoms with Crippen molar-refractivity contribution in [3.8, 4) is 11.3 Å². The highest BCUT2D eigenvalue weighted by atomic mass is 32.1. The quantitative estimate of drug-likeness (QED) is 0.912. The summed E-state index contributed by atoms with van der Waals surface area (Å²) in [6.45, 7) is 9.21. The number of halogens is 1. The molecule has 0 fully saturated rings. The van der Waals surface area contributed by atoms with E-state index in [1.807, 2.05) is 0 Å². The number of nitrogens with one attached hydrogen (secondary N) is 1. The van der Waals surface area contributed by atoms with Crippen LogP contribution < -0.4 is 5.32 Å². The fraction of sp³-hybridized carbons (Fsp3) is 0.400. The van der Waals surface area contributed by atoms with Crippen LogP contribution in [0.25, 0.3) is 11.3 Å². The second-order valence-corrected chi connectivity index (χ2v) is 6.91. The molecule has 4 heteroatoms. The highest BCUT2D eigenvalue weighted by molar-refractivity contribution is 7.12. The summed E-state index contributed by atoms with van der Waals surface area (Å²) in [5.41, 5.74) is 2.00. The molecule has 0 aliphatic carbocycles. The van der Waals surface area contributed by atoms with E-state index in [-0.39, 0.29) is 11.4 Å². The molecule has 0 aliphatic heterocycles. The zero-order chi connectivity index (χ0) is 14.0. The maximum absolute atomic E-state index is 12.9. The molecule has 1 aromatic carbocycles. The normalized spacial score (nSPS) is 11.8. The lowest BCUT2D eigenvalue weighted by Crippen LogP contribution is -2.34. The van der Waals surface area contributed by atoms with Gasteiger partial charge in [0, 0.05) is 22.5 Å². The molecule has 2 nitrogen and oxygen atoms in total. The van der Waals surface area contributed by atoms with E-state index in [9.17, 15) is 4.39 Å². The first-order chi connectivity index (χ1) is 8.85. The monoisotopic (exact) mass is 278 g/mol. The first-order valence-corrected chi connectivity index (χ1v) is 7.14. The molecule has 1 aromatic heterocycles. The van der Waals surface area contributed by atoms with Crippen molar-refractivity contribution >= 4 is 11.3 Å². The Morgan fingerprint density at radius 1 is 1.21 bits per heavy atom. The third-order valence-corrected chi connectivity index (χ3v) is 3.70. The molecule has 0 amide bonds. The third-order valence-electron chi connectivity index (χ3n) is 2.73. The molecule has 1 heterocycles. The van der Waals surface area contributed by atoms with Crippen LogP contribution in [0.3, 0.4) is 0 Å². The molecule has 2 rings (SSSR count). The lowest BCUT2D eigenvalue weighted by atomic mass is 10.1. The van der Waals surface area contributed by atoms with Crippen LogP contribution in [-0.2, 0) is 6.54 Å². The van der Waals surface area contributed by atoms with Crippen LogP contribution in [0, 0.1) is 12.7 Å². The number of nitrogens with zero attached hydrogens (tertiary/aromatic N) is 1. The number of rotatable bonds is 3. The smallest absolute Gasteiger partial charge is 0.123 e. The topological polar surface area (TPSA) is 24.9 Å². The van der Waals surface area contributed by atoms with Crippen LogP contribution in [0.15, 0.2) is 24.3 Å². The summed E-state index contributed by atoms with van der Waals surface area (Å²) >= 11 is 1.69. The van der Waals surface area contributed by atoms with E-state index in [1.165, 1.54) is 12.1 Å². The predicted octanol–water partition coefficient (Wildman–Crippen LogP) is 4.15. The molecular formula is C15H19FN2S. The van der Waals surface area contributed by atoms with Crippen molar-refractivity contribution in [1.82, 2.24) is 10.3 Å². The third kappa shape index (κ3) is 3.85. The fourth-order valence-corrected chi connectivity index (χ4v) is 2.64. The van der Waals surface area contributed by atoms with Gasteiger partial charge in [-0.1, -0.05) is 0 Å². The Morgan fingerprint density at radius 2 is 1.84 bits per heavy atom. The van der Waals surface area contributed by atoms with E-state index in [0.717, 1.165) is 27.7 Å². The summed E-state index contributed by atoms with van der Waals surface area (Å²) < 4.78 is 12.9. The number of aromatic nitrogens is 1. The SMILES string of the molecule is Cc1sc(CNC(C)(C)C)nc1-c1ccc(F)cc1. The highest BCUT2D eigenvalue weighted by Gasteiger charge is 2.13. The zero-order valence-corrected chi connectivity index (χ0v) is 12.6. The Hall–Kier alpha value is -1.26. The molecule has 0 saturated carbocycles. The van der Waals surface area contributed by atoms with Crippen molar-refractivity contribution < 1.29 is 4.39 Å². The second kappa shape index (κ2) is 5.39. The van der Waals surface area contributed by atoms with Crippen molar-refractivity contribution in [2.75, 3.05) is 0 Å². The number of benzene rings is 1. The molecular weight excluding hydrogens is 259 g/mol. The average Bonchev–Trinajstić information content (AvgIpc) is 2.68. The van der Waals surface area contributed by atoms with Gasteiger partial charge in [0.1, 0.15) is 10.8 Å². The van der Waals surface area contributed by atoms with Crippen molar-refractivity contribution in [1.29, 1.82) is 0 Å². The number of thiazole rings is 1. The van der Waals surface area contributed by atoms with Gasteiger partial charge >= 0.3 is 0 Å². The molecule has 0 unspecified atom stereocenters. The van der Waals surface area contributed by atoms with E-state index in [1.54, 1.807) is 23.5 Å². The van der Waals surface area contributed by atoms with E-state index in [2.05, 4.69) is 38.0 Å². The Morgan fingerprint density at radius 3 is 2.42 bits per heavy atom. The van der Waals surface area contributed by atoms with E-state index in [4.69, 9.17) is 0 Å². The van der Waals surface area contributed by atoms with Gasteiger partial charge in [0.15, 0.2) is 0 Å². The largest absolute Gasteiger partial charge is 0.306 e. The molecule has 0 atom stereocenters. The van der Waals surface area contributed by atoms with Gasteiger partial charge < -0.3 is 5.32 Å². The summed E-state index contributed by atoms with van der Waals surface area (Å²) in [5, 5.41) is 4.49. The van der Waals surface area contributed by atoms with Gasteiger partial charge in [-0.25, -0.2) is 9.37 Å². The molecule has 19 heavy (non-hydrogen) atoms. The van der Waals surface area contributed by atoms with Gasteiger partial charge in [0.05, 0.1) is 5.69 Å². The van der Waals surface area contributed by atoms with Crippen molar-refractivity contribution in [2.24, 2.45) is 0 Å². The van der Waals surface area contributed by atoms with Crippen LogP contribution in [0.4, 0.5) is 4.39 Å². The first kappa shape index (κ1) is 14.2. The summed E-state index contributed by atoms with van der Waals surface area (Å²) in [5.74, 6) is -0.216. The average molecular weight is 278 g/mol. The first-order valence-electron chi connectivity index (χ1n) is 6.32. The molecule has 0 spiro atoms. The van der Waals surface area contributed by atoms with Crippen molar-refractivity contribution in [3.63, 3.8) is 0 Å². The lowest BCUT2D eigenvalue weighted by Gasteiger charge is -2.19. The standard InChI is InChI=1S/C15H19FN2S/c1-10-14(11-5-7-12(16)8-6-11)18-13(19-10)9-17-15(2,3)4/h5-8,17H,9H2,1-4H3. The Kier molecular flexibility index (Phi) is 4.02. The van der Waals surface area contributed by atoms with E-state index < -0.39 is 0 Å². The summed E-state index contributed by atoms with van der Waals surface area (Å²) in [7, 11) is 0. The van der Waals surface area contributed by atoms with Crippen LogP contribution in [-0.4, -0.2) is 10.5 Å². The van der Waals surface area contributed by atoms with E-state index in [0.29, 0.717) is 0 Å². The van der Waals surface area contributed by atoms with Crippen LogP contribution in [0.2, 0.25) is 0 Å². The van der Waals surface area contributed by atoms with Crippen LogP contribution in [0.5, 0.6) is 0 Å². The van der Waals surface area contributed by atoms with Gasteiger partial charge in [0.25, 0.3) is 0 Å². The Labute approximate surface area is 117 Å². The highest BCUT2D eigenvalue weighted by Crippen LogP contribution is 2.27. The number of hydrogen-bond donors (Lipinski definition) is 1. The second-order valence-electron chi connectivity index (χ2n) is 5.62. The molecule has 2 aromatic rings. The van der Waals surface area contributed by atoms with Gasteiger partial charge in [-0.2, -0.15) is 0 Å². The maximum Gasteiger partial charge on any atom is 0.123 e. The summed E-state index contributed by atoms with van der Waals surface area (Å²) in [6, 6.07) is 6.50. The van der Waals surface area contributed by atoms with E-state index >= 15 is 0 Å². The molecule has 0 aliphatic rings. The molecule has 0 bridgehead atoms. The van der Waals surface area contributed by atoms with Gasteiger partial charge in [-0.3, -0.25) is 0 Å². The van der Waals surface area contributed by atoms with Gasteiger partial charge in [-0.15, -0.1) is 11.3 Å². The predicted molar refractivity (Wildman–Crippen MR) is 78.8 cm³/mol. The minimum Gasteiger partial charge on any atom is -0.306 e. The summed E-state index contributed by atoms with van der Waals surface area (Å²) in [6.07, 6.45) is 0. The lowest BCUT2D eigenvalue weighted by molar-refractivity contribution is 0.424. The molecule has 0 radical (unpaired) electrons. The minimum absolute atomic E-state index is 0.0790. The Bertz CT molecular complexity index is 553. The number of aryl methyl sites for hydroxylation is 1. The minimum atomic E-state index is -0.216. The molecule has 1 N–H and O–H groups in total. The van der Waals surface area contributed by atoms with Crippen LogP contribution >= 0.6 is 11.3 Å². The van der Waals surface area contributed by atoms with Crippen molar-refractivity contribution in [2.45, 2.75) is 39.8 Å². The summed E-state index contributed by atoms with van der Waals surface area (Å²) in [4.78, 5) is 5.81. The molecule has 0 saturated heterocycles. The van der Waals surface area contributed by atoms with Gasteiger partial charge in [-0.05, 0) is 52.0 Å². The maximum atomic E-state index is 12.9. The van der Waals surface area contributed by atoms with Crippen LogP contribution in [0.1, 0.15) is 30.7 Å². The van der Waals surface area contributed by atoms with Crippen molar-refractivity contribution in [3.05, 3.63) is 40.0 Å². The fourth-order valence-electron chi connectivity index (χ4n) is 1.74. The van der Waals surface area contributed by atoms with Gasteiger partial charge in [0.2, 0.25) is 0 Å². The number of hydrogen-bond acceptors (Lipinski definition) is 3. The molecule has 102 valence electrons. The zero-order valence-electron chi connectivity index (χ0n) is 11.7. The Balaban J connectivity index is 2.19.